The van der Waals surface area contributed by atoms with Crippen molar-refractivity contribution in [1.29, 1.82) is 0 Å². The highest BCUT2D eigenvalue weighted by Crippen LogP contribution is 2.29. The van der Waals surface area contributed by atoms with Crippen LogP contribution in [0.4, 0.5) is 0 Å². The summed E-state index contributed by atoms with van der Waals surface area (Å²) in [6, 6.07) is 4.07. The standard InChI is InChI=1S/C12H15BrO2/c1-3-9-7-11(13)8-10(5-4-6-14)12(9)15-2/h6-8H,3-5H2,1-2H3. The van der Waals surface area contributed by atoms with Crippen LogP contribution in [-0.4, -0.2) is 13.4 Å². The minimum absolute atomic E-state index is 0.538. The van der Waals surface area contributed by atoms with Crippen LogP contribution in [0.15, 0.2) is 16.6 Å². The number of halogens is 1. The van der Waals surface area contributed by atoms with Crippen molar-refractivity contribution in [1.82, 2.24) is 0 Å². The fourth-order valence-electron chi connectivity index (χ4n) is 1.64. The molecule has 0 fully saturated rings. The average Bonchev–Trinajstić information content (AvgIpc) is 2.25. The number of carbonyl (C=O) groups is 1. The first kappa shape index (κ1) is 12.2. The van der Waals surface area contributed by atoms with E-state index < -0.39 is 0 Å². The number of aryl methyl sites for hydroxylation is 2. The molecule has 0 N–H and O–H groups in total. The van der Waals surface area contributed by atoms with Gasteiger partial charge in [0.05, 0.1) is 7.11 Å². The fraction of sp³-hybridized carbons (Fsp3) is 0.417. The molecule has 0 aliphatic heterocycles. The highest BCUT2D eigenvalue weighted by Gasteiger charge is 2.09. The van der Waals surface area contributed by atoms with Gasteiger partial charge in [-0.3, -0.25) is 0 Å². The van der Waals surface area contributed by atoms with Gasteiger partial charge in [-0.1, -0.05) is 22.9 Å². The number of ether oxygens (including phenoxy) is 1. The van der Waals surface area contributed by atoms with Gasteiger partial charge in [0.15, 0.2) is 0 Å². The van der Waals surface area contributed by atoms with Gasteiger partial charge in [0.25, 0.3) is 0 Å². The van der Waals surface area contributed by atoms with Gasteiger partial charge in [0, 0.05) is 10.9 Å². The number of carbonyl (C=O) groups excluding carboxylic acids is 1. The Bertz CT molecular complexity index is 348. The van der Waals surface area contributed by atoms with Crippen molar-refractivity contribution in [2.45, 2.75) is 26.2 Å². The van der Waals surface area contributed by atoms with Crippen molar-refractivity contribution < 1.29 is 9.53 Å². The molecule has 3 heteroatoms. The van der Waals surface area contributed by atoms with E-state index >= 15 is 0 Å². The first-order chi connectivity index (χ1) is 7.22. The molecule has 0 aromatic heterocycles. The molecule has 1 rings (SSSR count). The van der Waals surface area contributed by atoms with Crippen molar-refractivity contribution >= 4 is 22.2 Å². The zero-order valence-corrected chi connectivity index (χ0v) is 10.6. The van der Waals surface area contributed by atoms with Crippen molar-refractivity contribution in [2.75, 3.05) is 7.11 Å². The number of benzene rings is 1. The van der Waals surface area contributed by atoms with Crippen LogP contribution < -0.4 is 4.74 Å². The third-order valence-electron chi connectivity index (χ3n) is 2.32. The molecule has 0 heterocycles. The van der Waals surface area contributed by atoms with E-state index in [1.807, 2.05) is 6.07 Å². The molecular weight excluding hydrogens is 256 g/mol. The fourth-order valence-corrected chi connectivity index (χ4v) is 2.19. The lowest BCUT2D eigenvalue weighted by Crippen LogP contribution is -1.98. The zero-order chi connectivity index (χ0) is 11.3. The molecule has 0 bridgehead atoms. The Morgan fingerprint density at radius 1 is 1.40 bits per heavy atom. The van der Waals surface area contributed by atoms with E-state index in [9.17, 15) is 4.79 Å². The molecule has 0 spiro atoms. The Labute approximate surface area is 98.8 Å². The van der Waals surface area contributed by atoms with Gasteiger partial charge in [-0.2, -0.15) is 0 Å². The van der Waals surface area contributed by atoms with E-state index in [0.717, 1.165) is 34.9 Å². The SMILES string of the molecule is CCc1cc(Br)cc(CCC=O)c1OC. The second-order valence-electron chi connectivity index (χ2n) is 3.32. The first-order valence-electron chi connectivity index (χ1n) is 5.01. The minimum atomic E-state index is 0.538. The molecule has 0 aliphatic carbocycles. The second kappa shape index (κ2) is 5.91. The summed E-state index contributed by atoms with van der Waals surface area (Å²) in [5, 5.41) is 0. The molecule has 0 saturated heterocycles. The molecule has 0 aliphatic rings. The molecule has 0 saturated carbocycles. The highest BCUT2D eigenvalue weighted by molar-refractivity contribution is 9.10. The van der Waals surface area contributed by atoms with E-state index in [-0.39, 0.29) is 0 Å². The molecule has 15 heavy (non-hydrogen) atoms. The third-order valence-corrected chi connectivity index (χ3v) is 2.78. The van der Waals surface area contributed by atoms with Gasteiger partial charge in [0.1, 0.15) is 12.0 Å². The van der Waals surface area contributed by atoms with Crippen molar-refractivity contribution in [2.24, 2.45) is 0 Å². The molecule has 2 nitrogen and oxygen atoms in total. The Morgan fingerprint density at radius 3 is 2.60 bits per heavy atom. The topological polar surface area (TPSA) is 26.3 Å². The van der Waals surface area contributed by atoms with Crippen LogP contribution in [0.5, 0.6) is 5.75 Å². The summed E-state index contributed by atoms with van der Waals surface area (Å²) in [5.41, 5.74) is 2.27. The maximum atomic E-state index is 10.4. The van der Waals surface area contributed by atoms with Crippen LogP contribution in [0.1, 0.15) is 24.5 Å². The molecule has 0 atom stereocenters. The summed E-state index contributed by atoms with van der Waals surface area (Å²) in [6.07, 6.45) is 3.14. The van der Waals surface area contributed by atoms with Crippen molar-refractivity contribution in [3.8, 4) is 5.75 Å². The van der Waals surface area contributed by atoms with Crippen molar-refractivity contribution in [3.05, 3.63) is 27.7 Å². The van der Waals surface area contributed by atoms with Crippen LogP contribution >= 0.6 is 15.9 Å². The van der Waals surface area contributed by atoms with Crippen LogP contribution in [0, 0.1) is 0 Å². The van der Waals surface area contributed by atoms with Gasteiger partial charge < -0.3 is 9.53 Å². The molecular formula is C12H15BrO2. The van der Waals surface area contributed by atoms with Crippen molar-refractivity contribution in [3.63, 3.8) is 0 Å². The van der Waals surface area contributed by atoms with E-state index in [1.54, 1.807) is 7.11 Å². The van der Waals surface area contributed by atoms with Gasteiger partial charge in [-0.25, -0.2) is 0 Å². The Kier molecular flexibility index (Phi) is 4.82. The van der Waals surface area contributed by atoms with Crippen LogP contribution in [0.25, 0.3) is 0 Å². The molecule has 0 unspecified atom stereocenters. The lowest BCUT2D eigenvalue weighted by atomic mass is 10.0. The number of methoxy groups -OCH3 is 1. The van der Waals surface area contributed by atoms with E-state index in [1.165, 1.54) is 5.56 Å². The van der Waals surface area contributed by atoms with E-state index in [0.29, 0.717) is 6.42 Å². The average molecular weight is 271 g/mol. The summed E-state index contributed by atoms with van der Waals surface area (Å²) in [4.78, 5) is 10.4. The lowest BCUT2D eigenvalue weighted by Gasteiger charge is -2.12. The smallest absolute Gasteiger partial charge is 0.125 e. The predicted molar refractivity (Wildman–Crippen MR) is 64.5 cm³/mol. The summed E-state index contributed by atoms with van der Waals surface area (Å²) < 4.78 is 6.43. The molecule has 1 aromatic carbocycles. The Balaban J connectivity index is 3.10. The summed E-state index contributed by atoms with van der Waals surface area (Å²) in [5.74, 6) is 0.919. The number of aldehydes is 1. The largest absolute Gasteiger partial charge is 0.496 e. The maximum Gasteiger partial charge on any atom is 0.125 e. The minimum Gasteiger partial charge on any atom is -0.496 e. The van der Waals surface area contributed by atoms with Gasteiger partial charge >= 0.3 is 0 Å². The number of rotatable bonds is 5. The Hall–Kier alpha value is -0.830. The second-order valence-corrected chi connectivity index (χ2v) is 4.23. The van der Waals surface area contributed by atoms with Gasteiger partial charge in [-0.15, -0.1) is 0 Å². The molecule has 1 aromatic rings. The van der Waals surface area contributed by atoms with Crippen LogP contribution in [0.2, 0.25) is 0 Å². The third kappa shape index (κ3) is 3.06. The summed E-state index contributed by atoms with van der Waals surface area (Å²) in [6.45, 7) is 2.09. The molecule has 0 radical (unpaired) electrons. The maximum absolute atomic E-state index is 10.4. The zero-order valence-electron chi connectivity index (χ0n) is 9.05. The lowest BCUT2D eigenvalue weighted by molar-refractivity contribution is -0.107. The quantitative estimate of drug-likeness (QED) is 0.769. The monoisotopic (exact) mass is 270 g/mol. The normalized spacial score (nSPS) is 10.1. The number of hydrogen-bond acceptors (Lipinski definition) is 2. The van der Waals surface area contributed by atoms with Gasteiger partial charge in [0.2, 0.25) is 0 Å². The molecule has 0 amide bonds. The first-order valence-corrected chi connectivity index (χ1v) is 5.81. The van der Waals surface area contributed by atoms with Crippen LogP contribution in [0.3, 0.4) is 0 Å². The van der Waals surface area contributed by atoms with Gasteiger partial charge in [-0.05, 0) is 36.1 Å². The summed E-state index contributed by atoms with van der Waals surface area (Å²) in [7, 11) is 1.67. The molecule has 82 valence electrons. The summed E-state index contributed by atoms with van der Waals surface area (Å²) >= 11 is 3.47. The number of hydrogen-bond donors (Lipinski definition) is 0. The predicted octanol–water partition coefficient (Wildman–Crippen LogP) is 3.15. The highest BCUT2D eigenvalue weighted by atomic mass is 79.9. The Morgan fingerprint density at radius 2 is 2.07 bits per heavy atom. The van der Waals surface area contributed by atoms with E-state index in [4.69, 9.17) is 4.74 Å². The van der Waals surface area contributed by atoms with Crippen LogP contribution in [-0.2, 0) is 17.6 Å². The van der Waals surface area contributed by atoms with E-state index in [2.05, 4.69) is 28.9 Å².